The van der Waals surface area contributed by atoms with Gasteiger partial charge in [-0.25, -0.2) is 14.2 Å². The van der Waals surface area contributed by atoms with E-state index >= 15 is 0 Å². The van der Waals surface area contributed by atoms with Crippen molar-refractivity contribution in [1.29, 1.82) is 0 Å². The number of aliphatic hydroxyl groups is 1. The molecule has 2 aromatic carbocycles. The third-order valence-corrected chi connectivity index (χ3v) is 4.98. The lowest BCUT2D eigenvalue weighted by molar-refractivity contribution is -0.181. The van der Waals surface area contributed by atoms with Gasteiger partial charge in [-0.05, 0) is 36.2 Å². The smallest absolute Gasteiger partial charge is 0.359 e. The maximum atomic E-state index is 13.0. The van der Waals surface area contributed by atoms with Gasteiger partial charge >= 0.3 is 5.97 Å². The van der Waals surface area contributed by atoms with Gasteiger partial charge in [0, 0.05) is 6.42 Å². The van der Waals surface area contributed by atoms with Crippen LogP contribution in [-0.4, -0.2) is 25.5 Å². The minimum atomic E-state index is -2.43. The van der Waals surface area contributed by atoms with Crippen molar-refractivity contribution < 1.29 is 15.0 Å². The second kappa shape index (κ2) is 5.03. The van der Waals surface area contributed by atoms with Crippen molar-refractivity contribution in [2.45, 2.75) is 31.5 Å². The summed E-state index contributed by atoms with van der Waals surface area (Å²) in [5.74, 6) is -1.55. The number of carboxylic acids is 1. The minimum absolute atomic E-state index is 0.105. The molecule has 0 unspecified atom stereocenters. The fourth-order valence-electron chi connectivity index (χ4n) is 3.60. The first-order valence-electron chi connectivity index (χ1n) is 8.01. The number of aliphatic carboxylic acids is 1. The van der Waals surface area contributed by atoms with E-state index in [0.717, 1.165) is 15.5 Å². The average molecular weight is 340 g/mol. The highest BCUT2D eigenvalue weighted by Crippen LogP contribution is 2.30. The summed E-state index contributed by atoms with van der Waals surface area (Å²) in [5.41, 5.74) is -3.59. The summed E-state index contributed by atoms with van der Waals surface area (Å²) in [4.78, 5) is 37.6. The van der Waals surface area contributed by atoms with Gasteiger partial charge in [-0.15, -0.1) is 0 Å². The van der Waals surface area contributed by atoms with Gasteiger partial charge in [0.1, 0.15) is 0 Å². The normalized spacial score (nSPS) is 22.9. The Morgan fingerprint density at radius 2 is 1.68 bits per heavy atom. The van der Waals surface area contributed by atoms with Crippen LogP contribution in [0.5, 0.6) is 0 Å². The van der Waals surface area contributed by atoms with Crippen molar-refractivity contribution in [3.63, 3.8) is 0 Å². The van der Waals surface area contributed by atoms with Gasteiger partial charge in [-0.2, -0.15) is 0 Å². The van der Waals surface area contributed by atoms with Crippen LogP contribution < -0.4 is 11.1 Å². The van der Waals surface area contributed by atoms with Gasteiger partial charge in [0.15, 0.2) is 0 Å². The molecular weight excluding hydrogens is 324 g/mol. The molecule has 3 aromatic rings. The van der Waals surface area contributed by atoms with Crippen LogP contribution in [0.15, 0.2) is 46.0 Å². The topological polar surface area (TPSA) is 102 Å². The molecule has 0 bridgehead atoms. The highest BCUT2D eigenvalue weighted by atomic mass is 16.4. The summed E-state index contributed by atoms with van der Waals surface area (Å²) in [6, 6.07) is 10.1. The third-order valence-electron chi connectivity index (χ3n) is 4.98. The Morgan fingerprint density at radius 1 is 1.12 bits per heavy atom. The summed E-state index contributed by atoms with van der Waals surface area (Å²) in [6.45, 7) is 1.73. The number of nitrogens with zero attached hydrogens (tertiary/aromatic N) is 2. The molecule has 2 heterocycles. The molecule has 25 heavy (non-hydrogen) atoms. The van der Waals surface area contributed by atoms with E-state index in [1.54, 1.807) is 19.1 Å². The molecule has 0 aliphatic carbocycles. The molecule has 4 rings (SSSR count). The van der Waals surface area contributed by atoms with Crippen LogP contribution in [0.3, 0.4) is 0 Å². The van der Waals surface area contributed by atoms with E-state index < -0.39 is 28.9 Å². The number of aromatic nitrogens is 2. The van der Waals surface area contributed by atoms with Gasteiger partial charge in [0.25, 0.3) is 16.8 Å². The standard InChI is InChI=1S/C18H16N2O5/c1-10-6-7-18(25,17(23)24)20-16(22)14-9-12-5-3-2-4-11(12)8-13(14)15(21)19(10)20/h2-5,8-10,25H,6-7H2,1H3,(H,23,24)/t10-,18+/m0/s1. The molecule has 1 aliphatic heterocycles. The number of hydrogen-bond acceptors (Lipinski definition) is 4. The maximum Gasteiger partial charge on any atom is 0.359 e. The number of hydrogen-bond donors (Lipinski definition) is 2. The molecule has 2 N–H and O–H groups in total. The number of fused-ring (bicyclic) bond motifs is 3. The summed E-state index contributed by atoms with van der Waals surface area (Å²) in [6.07, 6.45) is 0.142. The summed E-state index contributed by atoms with van der Waals surface area (Å²) >= 11 is 0. The molecule has 7 heteroatoms. The van der Waals surface area contributed by atoms with Crippen LogP contribution in [0.4, 0.5) is 0 Å². The van der Waals surface area contributed by atoms with Crippen molar-refractivity contribution in [3.8, 4) is 0 Å². The van der Waals surface area contributed by atoms with E-state index in [-0.39, 0.29) is 23.6 Å². The lowest BCUT2D eigenvalue weighted by atomic mass is 9.99. The summed E-state index contributed by atoms with van der Waals surface area (Å²) < 4.78 is 1.79. The van der Waals surface area contributed by atoms with Gasteiger partial charge in [0.05, 0.1) is 16.8 Å². The summed E-state index contributed by atoms with van der Waals surface area (Å²) in [7, 11) is 0. The number of carboxylic acid groups (broad SMARTS) is 1. The molecule has 1 aliphatic rings. The average Bonchev–Trinajstić information content (AvgIpc) is 2.60. The van der Waals surface area contributed by atoms with Crippen LogP contribution >= 0.6 is 0 Å². The van der Waals surface area contributed by atoms with E-state index in [1.165, 1.54) is 0 Å². The van der Waals surface area contributed by atoms with Crippen LogP contribution in [0.25, 0.3) is 21.5 Å². The second-order valence-electron chi connectivity index (χ2n) is 6.52. The first kappa shape index (κ1) is 15.6. The Bertz CT molecular complexity index is 1160. The number of rotatable bonds is 1. The maximum absolute atomic E-state index is 13.0. The fraction of sp³-hybridized carbons (Fsp3) is 0.278. The molecule has 0 amide bonds. The van der Waals surface area contributed by atoms with Gasteiger partial charge in [0.2, 0.25) is 0 Å². The third kappa shape index (κ3) is 1.99. The lowest BCUT2D eigenvalue weighted by Crippen LogP contribution is -2.57. The van der Waals surface area contributed by atoms with Crippen molar-refractivity contribution >= 4 is 27.5 Å². The quantitative estimate of drug-likeness (QED) is 0.652. The van der Waals surface area contributed by atoms with E-state index in [1.807, 2.05) is 24.3 Å². The lowest BCUT2D eigenvalue weighted by Gasteiger charge is -2.36. The summed E-state index contributed by atoms with van der Waals surface area (Å²) in [5, 5.41) is 22.0. The van der Waals surface area contributed by atoms with E-state index in [2.05, 4.69) is 0 Å². The number of benzene rings is 2. The largest absolute Gasteiger partial charge is 0.478 e. The Morgan fingerprint density at radius 3 is 2.24 bits per heavy atom. The van der Waals surface area contributed by atoms with Gasteiger partial charge in [-0.3, -0.25) is 9.59 Å². The monoisotopic (exact) mass is 340 g/mol. The molecule has 0 spiro atoms. The molecule has 0 saturated heterocycles. The Balaban J connectivity index is 2.24. The SMILES string of the molecule is C[C@H]1CC[C@@](O)(C(=O)O)n2c(=O)c3cc4ccccc4cc3c(=O)n21. The van der Waals surface area contributed by atoms with Crippen molar-refractivity contribution in [2.75, 3.05) is 0 Å². The van der Waals surface area contributed by atoms with Crippen LogP contribution in [-0.2, 0) is 10.5 Å². The van der Waals surface area contributed by atoms with Gasteiger partial charge in [-0.1, -0.05) is 24.3 Å². The second-order valence-corrected chi connectivity index (χ2v) is 6.52. The minimum Gasteiger partial charge on any atom is -0.478 e. The van der Waals surface area contributed by atoms with E-state index in [4.69, 9.17) is 0 Å². The molecule has 0 saturated carbocycles. The molecular formula is C18H16N2O5. The van der Waals surface area contributed by atoms with Crippen LogP contribution in [0, 0.1) is 0 Å². The van der Waals surface area contributed by atoms with E-state index in [9.17, 15) is 24.6 Å². The van der Waals surface area contributed by atoms with Crippen molar-refractivity contribution in [3.05, 3.63) is 57.1 Å². The zero-order valence-corrected chi connectivity index (χ0v) is 13.5. The Hall–Kier alpha value is -2.93. The van der Waals surface area contributed by atoms with E-state index in [0.29, 0.717) is 4.68 Å². The molecule has 2 atom stereocenters. The Kier molecular flexibility index (Phi) is 3.14. The molecule has 0 fully saturated rings. The zero-order chi connectivity index (χ0) is 17.9. The molecule has 1 aromatic heterocycles. The van der Waals surface area contributed by atoms with Crippen molar-refractivity contribution in [2.24, 2.45) is 0 Å². The van der Waals surface area contributed by atoms with Crippen LogP contribution in [0.2, 0.25) is 0 Å². The first-order valence-corrected chi connectivity index (χ1v) is 8.01. The van der Waals surface area contributed by atoms with Crippen molar-refractivity contribution in [1.82, 2.24) is 9.36 Å². The van der Waals surface area contributed by atoms with Crippen LogP contribution in [0.1, 0.15) is 25.8 Å². The molecule has 7 nitrogen and oxygen atoms in total. The predicted molar refractivity (Wildman–Crippen MR) is 91.7 cm³/mol. The highest BCUT2D eigenvalue weighted by Gasteiger charge is 2.45. The first-order chi connectivity index (χ1) is 11.8. The predicted octanol–water partition coefficient (Wildman–Crippen LogP) is 1.40. The van der Waals surface area contributed by atoms with Gasteiger partial charge < -0.3 is 10.2 Å². The molecule has 0 radical (unpaired) electrons. The number of carbonyl (C=O) groups is 1. The fourth-order valence-corrected chi connectivity index (χ4v) is 3.60. The molecule has 128 valence electrons. The zero-order valence-electron chi connectivity index (χ0n) is 13.5. The highest BCUT2D eigenvalue weighted by molar-refractivity contribution is 5.97. The Labute approximate surface area is 141 Å².